The van der Waals surface area contributed by atoms with Gasteiger partial charge in [-0.25, -0.2) is 12.7 Å². The number of halogens is 2. The van der Waals surface area contributed by atoms with Gasteiger partial charge in [-0.05, 0) is 80.5 Å². The third-order valence-corrected chi connectivity index (χ3v) is 8.85. The van der Waals surface area contributed by atoms with Crippen LogP contribution in [0.5, 0.6) is 0 Å². The van der Waals surface area contributed by atoms with Crippen molar-refractivity contribution in [2.24, 2.45) is 5.92 Å². The fourth-order valence-corrected chi connectivity index (χ4v) is 6.06. The molecule has 2 aromatic rings. The van der Waals surface area contributed by atoms with Gasteiger partial charge in [0.05, 0.1) is 21.8 Å². The Balaban J connectivity index is 1.58. The van der Waals surface area contributed by atoms with Crippen LogP contribution in [0.3, 0.4) is 0 Å². The van der Waals surface area contributed by atoms with Gasteiger partial charge >= 0.3 is 0 Å². The molecule has 3 rings (SSSR count). The molecule has 0 aromatic heterocycles. The first-order chi connectivity index (χ1) is 15.0. The number of nitrogens with one attached hydrogen (secondary N) is 1. The number of amides is 1. The second kappa shape index (κ2) is 10.1. The molecule has 1 unspecified atom stereocenters. The summed E-state index contributed by atoms with van der Waals surface area (Å²) in [6.07, 6.45) is 1.01. The Morgan fingerprint density at radius 2 is 1.66 bits per heavy atom. The van der Waals surface area contributed by atoms with Crippen LogP contribution in [0.1, 0.15) is 53.6 Å². The Morgan fingerprint density at radius 3 is 2.28 bits per heavy atom. The van der Waals surface area contributed by atoms with Crippen molar-refractivity contribution in [1.82, 2.24) is 9.62 Å². The lowest BCUT2D eigenvalue weighted by atomic mass is 9.94. The number of rotatable bonds is 6. The molecule has 0 aliphatic carbocycles. The van der Waals surface area contributed by atoms with E-state index in [2.05, 4.69) is 38.2 Å². The maximum Gasteiger partial charge on any atom is 0.223 e. The highest BCUT2D eigenvalue weighted by molar-refractivity contribution is 7.88. The monoisotopic (exact) mass is 496 g/mol. The summed E-state index contributed by atoms with van der Waals surface area (Å²) in [7, 11) is -3.50. The summed E-state index contributed by atoms with van der Waals surface area (Å²) in [5.41, 5.74) is 5.30. The second-order valence-electron chi connectivity index (χ2n) is 8.70. The Labute approximate surface area is 201 Å². The van der Waals surface area contributed by atoms with Crippen molar-refractivity contribution in [3.05, 3.63) is 68.2 Å². The number of sulfonamides is 1. The van der Waals surface area contributed by atoms with Crippen LogP contribution in [0, 0.1) is 26.7 Å². The van der Waals surface area contributed by atoms with Crippen LogP contribution in [-0.4, -0.2) is 31.7 Å². The number of hydrogen-bond donors (Lipinski definition) is 1. The Morgan fingerprint density at radius 1 is 1.03 bits per heavy atom. The number of aryl methyl sites for hydroxylation is 3. The van der Waals surface area contributed by atoms with Gasteiger partial charge in [-0.3, -0.25) is 4.79 Å². The summed E-state index contributed by atoms with van der Waals surface area (Å²) in [5.74, 6) is -0.346. The first kappa shape index (κ1) is 25.0. The molecule has 1 amide bonds. The molecule has 1 aliphatic rings. The molecule has 174 valence electrons. The van der Waals surface area contributed by atoms with E-state index in [4.69, 9.17) is 23.2 Å². The Bertz CT molecular complexity index is 1110. The predicted molar refractivity (Wildman–Crippen MR) is 131 cm³/mol. The van der Waals surface area contributed by atoms with E-state index in [-0.39, 0.29) is 23.6 Å². The lowest BCUT2D eigenvalue weighted by Gasteiger charge is -2.31. The van der Waals surface area contributed by atoms with Crippen molar-refractivity contribution in [2.75, 3.05) is 13.1 Å². The van der Waals surface area contributed by atoms with Crippen molar-refractivity contribution >= 4 is 39.1 Å². The third kappa shape index (κ3) is 5.84. The quantitative estimate of drug-likeness (QED) is 0.586. The van der Waals surface area contributed by atoms with Crippen LogP contribution in [0.15, 0.2) is 30.3 Å². The lowest BCUT2D eigenvalue weighted by Crippen LogP contribution is -2.43. The summed E-state index contributed by atoms with van der Waals surface area (Å²) >= 11 is 11.9. The minimum atomic E-state index is -3.50. The van der Waals surface area contributed by atoms with Crippen LogP contribution in [-0.2, 0) is 20.6 Å². The molecule has 8 heteroatoms. The van der Waals surface area contributed by atoms with Gasteiger partial charge in [-0.2, -0.15) is 0 Å². The van der Waals surface area contributed by atoms with Crippen LogP contribution in [0.4, 0.5) is 0 Å². The smallest absolute Gasteiger partial charge is 0.223 e. The molecule has 1 heterocycles. The summed E-state index contributed by atoms with van der Waals surface area (Å²) in [5, 5.41) is 3.85. The molecule has 0 spiro atoms. The highest BCUT2D eigenvalue weighted by atomic mass is 35.5. The molecule has 5 nitrogen and oxygen atoms in total. The standard InChI is InChI=1S/C24H30Cl2N2O3S/c1-15-11-17(3)21(12-16(15)2)18(4)27-24(29)20-7-9-28(10-8-20)32(30,31)14-19-5-6-22(25)23(26)13-19/h5-6,11-13,18,20H,7-10,14H2,1-4H3,(H,27,29). The maximum atomic E-state index is 12.9. The number of piperidine rings is 1. The molecule has 0 radical (unpaired) electrons. The highest BCUT2D eigenvalue weighted by Crippen LogP contribution is 2.27. The zero-order valence-electron chi connectivity index (χ0n) is 18.9. The van der Waals surface area contributed by atoms with E-state index >= 15 is 0 Å². The minimum absolute atomic E-state index is 0.0170. The van der Waals surface area contributed by atoms with Crippen LogP contribution in [0.2, 0.25) is 10.0 Å². The van der Waals surface area contributed by atoms with Gasteiger partial charge in [0, 0.05) is 19.0 Å². The zero-order chi connectivity index (χ0) is 23.6. The van der Waals surface area contributed by atoms with E-state index < -0.39 is 10.0 Å². The van der Waals surface area contributed by atoms with Gasteiger partial charge in [0.25, 0.3) is 0 Å². The molecule has 1 saturated heterocycles. The summed E-state index contributed by atoms with van der Waals surface area (Å²) in [4.78, 5) is 12.9. The van der Waals surface area contributed by atoms with Crippen LogP contribution in [0.25, 0.3) is 0 Å². The van der Waals surface area contributed by atoms with E-state index in [0.29, 0.717) is 41.5 Å². The van der Waals surface area contributed by atoms with Crippen molar-refractivity contribution in [1.29, 1.82) is 0 Å². The SMILES string of the molecule is Cc1cc(C)c(C(C)NC(=O)C2CCN(S(=O)(=O)Cc3ccc(Cl)c(Cl)c3)CC2)cc1C. The second-order valence-corrected chi connectivity index (χ2v) is 11.5. The Hall–Kier alpha value is -1.60. The Kier molecular flexibility index (Phi) is 7.92. The van der Waals surface area contributed by atoms with E-state index in [1.165, 1.54) is 15.4 Å². The van der Waals surface area contributed by atoms with Crippen molar-refractivity contribution in [3.8, 4) is 0 Å². The van der Waals surface area contributed by atoms with Gasteiger partial charge in [0.15, 0.2) is 0 Å². The van der Waals surface area contributed by atoms with Gasteiger partial charge < -0.3 is 5.32 Å². The molecular weight excluding hydrogens is 467 g/mol. The van der Waals surface area contributed by atoms with Crippen molar-refractivity contribution in [2.45, 2.75) is 52.3 Å². The minimum Gasteiger partial charge on any atom is -0.349 e. The predicted octanol–water partition coefficient (Wildman–Crippen LogP) is 5.34. The largest absolute Gasteiger partial charge is 0.349 e. The van der Waals surface area contributed by atoms with E-state index in [9.17, 15) is 13.2 Å². The van der Waals surface area contributed by atoms with Gasteiger partial charge in [-0.15, -0.1) is 0 Å². The van der Waals surface area contributed by atoms with Gasteiger partial charge in [-0.1, -0.05) is 41.4 Å². The zero-order valence-corrected chi connectivity index (χ0v) is 21.2. The number of hydrogen-bond acceptors (Lipinski definition) is 3. The first-order valence-corrected chi connectivity index (χ1v) is 13.1. The fourth-order valence-electron chi connectivity index (χ4n) is 4.19. The number of carbonyl (C=O) groups is 1. The normalized spacial score (nSPS) is 16.7. The van der Waals surface area contributed by atoms with E-state index in [0.717, 1.165) is 11.1 Å². The van der Waals surface area contributed by atoms with E-state index in [1.807, 2.05) is 6.92 Å². The van der Waals surface area contributed by atoms with Gasteiger partial charge in [0.2, 0.25) is 15.9 Å². The molecule has 0 bridgehead atoms. The topological polar surface area (TPSA) is 66.5 Å². The fraction of sp³-hybridized carbons (Fsp3) is 0.458. The molecule has 32 heavy (non-hydrogen) atoms. The van der Waals surface area contributed by atoms with Gasteiger partial charge in [0.1, 0.15) is 0 Å². The molecule has 1 fully saturated rings. The third-order valence-electron chi connectivity index (χ3n) is 6.26. The van der Waals surface area contributed by atoms with E-state index in [1.54, 1.807) is 18.2 Å². The average molecular weight is 497 g/mol. The molecular formula is C24H30Cl2N2O3S. The molecule has 1 atom stereocenters. The number of nitrogens with zero attached hydrogens (tertiary/aromatic N) is 1. The van der Waals surface area contributed by atoms with Crippen LogP contribution >= 0.6 is 23.2 Å². The van der Waals surface area contributed by atoms with Crippen molar-refractivity contribution in [3.63, 3.8) is 0 Å². The average Bonchev–Trinajstić information content (AvgIpc) is 2.73. The first-order valence-electron chi connectivity index (χ1n) is 10.8. The molecule has 2 aromatic carbocycles. The number of carbonyl (C=O) groups excluding carboxylic acids is 1. The molecule has 1 aliphatic heterocycles. The van der Waals surface area contributed by atoms with Crippen LogP contribution < -0.4 is 5.32 Å². The number of benzene rings is 2. The lowest BCUT2D eigenvalue weighted by molar-refractivity contribution is -0.126. The molecule has 0 saturated carbocycles. The molecule has 1 N–H and O–H groups in total. The maximum absolute atomic E-state index is 12.9. The van der Waals surface area contributed by atoms with Crippen molar-refractivity contribution < 1.29 is 13.2 Å². The summed E-state index contributed by atoms with van der Waals surface area (Å²) in [6.45, 7) is 8.87. The highest BCUT2D eigenvalue weighted by Gasteiger charge is 2.31. The summed E-state index contributed by atoms with van der Waals surface area (Å²) in [6, 6.07) is 9.03. The summed E-state index contributed by atoms with van der Waals surface area (Å²) < 4.78 is 27.1.